The molecule has 0 saturated carbocycles. The maximum atomic E-state index is 11.4. The molecule has 1 amide bonds. The minimum Gasteiger partial charge on any atom is -0.481 e. The molecule has 8 heteroatoms. The van der Waals surface area contributed by atoms with Crippen LogP contribution < -0.4 is 5.32 Å². The number of ether oxygens (including phenoxy) is 1. The van der Waals surface area contributed by atoms with E-state index in [1.807, 2.05) is 0 Å². The van der Waals surface area contributed by atoms with E-state index >= 15 is 0 Å². The number of hydrogen-bond donors (Lipinski definition) is 2. The summed E-state index contributed by atoms with van der Waals surface area (Å²) in [5.41, 5.74) is 0.163. The van der Waals surface area contributed by atoms with Gasteiger partial charge in [-0.25, -0.2) is 4.79 Å². The monoisotopic (exact) mass is 284 g/mol. The number of amides is 1. The molecule has 1 aromatic heterocycles. The van der Waals surface area contributed by atoms with Crippen LogP contribution in [-0.2, 0) is 22.5 Å². The van der Waals surface area contributed by atoms with Gasteiger partial charge in [-0.05, 0) is 20.8 Å². The van der Waals surface area contributed by atoms with Gasteiger partial charge in [-0.2, -0.15) is 0 Å². The van der Waals surface area contributed by atoms with E-state index in [0.717, 1.165) is 0 Å². The summed E-state index contributed by atoms with van der Waals surface area (Å²) in [7, 11) is 0. The number of carbonyl (C=O) groups excluding carboxylic acids is 1. The average Bonchev–Trinajstić information content (AvgIpc) is 2.72. The highest BCUT2D eigenvalue weighted by Crippen LogP contribution is 2.06. The zero-order chi connectivity index (χ0) is 15.2. The molecule has 20 heavy (non-hydrogen) atoms. The second-order valence-electron chi connectivity index (χ2n) is 5.30. The van der Waals surface area contributed by atoms with E-state index < -0.39 is 17.7 Å². The predicted octanol–water partition coefficient (Wildman–Crippen LogP) is 0.820. The third-order valence-corrected chi connectivity index (χ3v) is 2.19. The lowest BCUT2D eigenvalue weighted by molar-refractivity contribution is -0.137. The summed E-state index contributed by atoms with van der Waals surface area (Å²) in [6, 6.07) is 0. The van der Waals surface area contributed by atoms with Gasteiger partial charge in [0.1, 0.15) is 5.60 Å². The molecule has 0 unspecified atom stereocenters. The number of nitrogens with one attached hydrogen (secondary N) is 1. The Kier molecular flexibility index (Phi) is 5.48. The van der Waals surface area contributed by atoms with Gasteiger partial charge in [-0.1, -0.05) is 5.21 Å². The van der Waals surface area contributed by atoms with E-state index in [1.54, 1.807) is 27.0 Å². The normalized spacial score (nSPS) is 11.2. The van der Waals surface area contributed by atoms with Gasteiger partial charge in [0.25, 0.3) is 0 Å². The van der Waals surface area contributed by atoms with Crippen molar-refractivity contribution in [1.29, 1.82) is 0 Å². The van der Waals surface area contributed by atoms with Crippen LogP contribution in [0, 0.1) is 0 Å². The van der Waals surface area contributed by atoms with Crippen molar-refractivity contribution in [3.05, 3.63) is 11.9 Å². The van der Waals surface area contributed by atoms with Crippen LogP contribution in [0.1, 0.15) is 32.9 Å². The molecule has 0 saturated heterocycles. The minimum atomic E-state index is -0.881. The molecular formula is C12H20N4O4. The molecule has 0 radical (unpaired) electrons. The van der Waals surface area contributed by atoms with Crippen LogP contribution in [0.4, 0.5) is 4.79 Å². The number of aromatic nitrogens is 3. The number of alkyl carbamates (subject to hydrolysis) is 1. The maximum absolute atomic E-state index is 11.4. The Morgan fingerprint density at radius 3 is 2.75 bits per heavy atom. The van der Waals surface area contributed by atoms with Crippen molar-refractivity contribution in [2.45, 2.75) is 45.8 Å². The first-order valence-electron chi connectivity index (χ1n) is 6.34. The van der Waals surface area contributed by atoms with E-state index in [-0.39, 0.29) is 13.0 Å². The Balaban J connectivity index is 2.29. The summed E-state index contributed by atoms with van der Waals surface area (Å²) in [5.74, 6) is -0.881. The van der Waals surface area contributed by atoms with Gasteiger partial charge >= 0.3 is 12.1 Å². The fourth-order valence-corrected chi connectivity index (χ4v) is 1.38. The highest BCUT2D eigenvalue weighted by Gasteiger charge is 2.15. The van der Waals surface area contributed by atoms with Crippen LogP contribution in [-0.4, -0.2) is 44.3 Å². The molecule has 0 fully saturated rings. The Labute approximate surface area is 117 Å². The van der Waals surface area contributed by atoms with Crippen molar-refractivity contribution in [2.75, 3.05) is 6.54 Å². The Morgan fingerprint density at radius 1 is 1.45 bits per heavy atom. The fourth-order valence-electron chi connectivity index (χ4n) is 1.38. The van der Waals surface area contributed by atoms with Gasteiger partial charge in [-0.3, -0.25) is 9.48 Å². The third-order valence-electron chi connectivity index (χ3n) is 2.19. The third kappa shape index (κ3) is 6.72. The molecule has 0 aliphatic heterocycles. The van der Waals surface area contributed by atoms with Crippen molar-refractivity contribution >= 4 is 12.1 Å². The van der Waals surface area contributed by atoms with Crippen molar-refractivity contribution in [3.63, 3.8) is 0 Å². The zero-order valence-corrected chi connectivity index (χ0v) is 11.9. The largest absolute Gasteiger partial charge is 0.481 e. The SMILES string of the molecule is CC(C)(C)OC(=O)NCCc1cn(CCC(=O)O)nn1. The van der Waals surface area contributed by atoms with Crippen LogP contribution in [0.25, 0.3) is 0 Å². The molecule has 0 aliphatic carbocycles. The predicted molar refractivity (Wildman–Crippen MR) is 70.2 cm³/mol. The Bertz CT molecular complexity index is 464. The van der Waals surface area contributed by atoms with E-state index in [9.17, 15) is 9.59 Å². The number of hydrogen-bond acceptors (Lipinski definition) is 5. The van der Waals surface area contributed by atoms with E-state index in [4.69, 9.17) is 9.84 Å². The topological polar surface area (TPSA) is 106 Å². The summed E-state index contributed by atoms with van der Waals surface area (Å²) in [5, 5.41) is 18.9. The Hall–Kier alpha value is -2.12. The number of carboxylic acids is 1. The summed E-state index contributed by atoms with van der Waals surface area (Å²) >= 11 is 0. The second kappa shape index (κ2) is 6.88. The first kappa shape index (κ1) is 15.9. The van der Waals surface area contributed by atoms with Crippen molar-refractivity contribution < 1.29 is 19.4 Å². The second-order valence-corrected chi connectivity index (χ2v) is 5.30. The number of carbonyl (C=O) groups is 2. The van der Waals surface area contributed by atoms with Crippen LogP contribution in [0.3, 0.4) is 0 Å². The summed E-state index contributed by atoms with van der Waals surface area (Å²) in [6.07, 6.45) is 1.70. The standard InChI is InChI=1S/C12H20N4O4/c1-12(2,3)20-11(19)13-6-4-9-8-16(15-14-9)7-5-10(17)18/h8H,4-7H2,1-3H3,(H,13,19)(H,17,18). The fraction of sp³-hybridized carbons (Fsp3) is 0.667. The summed E-state index contributed by atoms with van der Waals surface area (Å²) < 4.78 is 6.56. The van der Waals surface area contributed by atoms with Crippen molar-refractivity contribution in [3.8, 4) is 0 Å². The maximum Gasteiger partial charge on any atom is 0.407 e. The molecule has 112 valence electrons. The first-order valence-corrected chi connectivity index (χ1v) is 6.34. The molecular weight excluding hydrogens is 264 g/mol. The number of nitrogens with zero attached hydrogens (tertiary/aromatic N) is 3. The molecule has 0 spiro atoms. The van der Waals surface area contributed by atoms with E-state index in [0.29, 0.717) is 18.7 Å². The van der Waals surface area contributed by atoms with Crippen LogP contribution >= 0.6 is 0 Å². The molecule has 0 bridgehead atoms. The van der Waals surface area contributed by atoms with Crippen LogP contribution in [0.5, 0.6) is 0 Å². The Morgan fingerprint density at radius 2 is 2.15 bits per heavy atom. The van der Waals surface area contributed by atoms with E-state index in [1.165, 1.54) is 4.68 Å². The number of aryl methyl sites for hydroxylation is 1. The number of aliphatic carboxylic acids is 1. The smallest absolute Gasteiger partial charge is 0.407 e. The molecule has 2 N–H and O–H groups in total. The van der Waals surface area contributed by atoms with Crippen molar-refractivity contribution in [1.82, 2.24) is 20.3 Å². The lowest BCUT2D eigenvalue weighted by Gasteiger charge is -2.19. The lowest BCUT2D eigenvalue weighted by Crippen LogP contribution is -2.33. The molecule has 0 aliphatic rings. The molecule has 1 heterocycles. The van der Waals surface area contributed by atoms with Gasteiger partial charge in [0.05, 0.1) is 18.7 Å². The van der Waals surface area contributed by atoms with Crippen molar-refractivity contribution in [2.24, 2.45) is 0 Å². The van der Waals surface area contributed by atoms with Gasteiger partial charge in [0, 0.05) is 19.2 Å². The quantitative estimate of drug-likeness (QED) is 0.801. The molecule has 0 aromatic carbocycles. The summed E-state index contributed by atoms with van der Waals surface area (Å²) in [6.45, 7) is 6.04. The van der Waals surface area contributed by atoms with Gasteiger partial charge in [0.15, 0.2) is 0 Å². The molecule has 8 nitrogen and oxygen atoms in total. The van der Waals surface area contributed by atoms with E-state index in [2.05, 4.69) is 15.6 Å². The molecule has 0 atom stereocenters. The summed E-state index contributed by atoms with van der Waals surface area (Å²) in [4.78, 5) is 21.8. The average molecular weight is 284 g/mol. The number of carboxylic acid groups (broad SMARTS) is 1. The number of rotatable bonds is 6. The first-order chi connectivity index (χ1) is 9.26. The minimum absolute atomic E-state index is 0.00103. The van der Waals surface area contributed by atoms with Crippen LogP contribution in [0.2, 0.25) is 0 Å². The highest BCUT2D eigenvalue weighted by atomic mass is 16.6. The van der Waals surface area contributed by atoms with Crippen LogP contribution in [0.15, 0.2) is 6.20 Å². The molecule has 1 rings (SSSR count). The zero-order valence-electron chi connectivity index (χ0n) is 11.9. The van der Waals surface area contributed by atoms with Gasteiger partial charge in [0.2, 0.25) is 0 Å². The highest BCUT2D eigenvalue weighted by molar-refractivity contribution is 5.67. The van der Waals surface area contributed by atoms with Gasteiger partial charge < -0.3 is 15.2 Å². The molecule has 1 aromatic rings. The van der Waals surface area contributed by atoms with Gasteiger partial charge in [-0.15, -0.1) is 5.10 Å². The lowest BCUT2D eigenvalue weighted by atomic mass is 10.2.